The van der Waals surface area contributed by atoms with E-state index in [4.69, 9.17) is 5.11 Å². The summed E-state index contributed by atoms with van der Waals surface area (Å²) in [6.07, 6.45) is 3.93. The molecule has 0 fully saturated rings. The number of carboxylic acid groups (broad SMARTS) is 1. The second kappa shape index (κ2) is 2.96. The van der Waals surface area contributed by atoms with Crippen LogP contribution in [0.3, 0.4) is 0 Å². The third-order valence-electron chi connectivity index (χ3n) is 1.37. The van der Waals surface area contributed by atoms with Gasteiger partial charge in [-0.05, 0) is 6.42 Å². The van der Waals surface area contributed by atoms with E-state index in [-0.39, 0.29) is 0 Å². The van der Waals surface area contributed by atoms with Crippen LogP contribution in [0.25, 0.3) is 0 Å². The number of hydrogen-bond donors (Lipinski definition) is 1. The van der Waals surface area contributed by atoms with Gasteiger partial charge in [0.25, 0.3) is 0 Å². The third kappa shape index (κ3) is 1.44. The fourth-order valence-electron chi connectivity index (χ4n) is 0.819. The molecule has 0 bridgehead atoms. The molecule has 1 rings (SSSR count). The molecule has 2 atom stereocenters. The van der Waals surface area contributed by atoms with E-state index in [0.717, 1.165) is 0 Å². The standard InChI is InChI=1S/C6H8O3S/c7-6(8)5-3-1-2-4-10(5)9/h1-2,5H,3-4H2,(H,7,8). The Bertz CT molecular complexity index is 197. The molecule has 0 aromatic carbocycles. The topological polar surface area (TPSA) is 54.4 Å². The highest BCUT2D eigenvalue weighted by Gasteiger charge is 2.24. The Hall–Kier alpha value is -0.640. The van der Waals surface area contributed by atoms with Crippen molar-refractivity contribution in [3.63, 3.8) is 0 Å². The molecule has 0 aromatic rings. The van der Waals surface area contributed by atoms with Crippen LogP contribution in [0.5, 0.6) is 0 Å². The quantitative estimate of drug-likeness (QED) is 0.555. The molecule has 0 aliphatic carbocycles. The predicted octanol–water partition coefficient (Wildman–Crippen LogP) is 0.148. The molecule has 1 N–H and O–H groups in total. The van der Waals surface area contributed by atoms with Gasteiger partial charge in [-0.25, -0.2) is 0 Å². The summed E-state index contributed by atoms with van der Waals surface area (Å²) in [6, 6.07) is 0. The van der Waals surface area contributed by atoms with Crippen molar-refractivity contribution in [2.24, 2.45) is 0 Å². The van der Waals surface area contributed by atoms with Gasteiger partial charge < -0.3 is 5.11 Å². The minimum absolute atomic E-state index is 0.386. The Kier molecular flexibility index (Phi) is 2.21. The Labute approximate surface area is 61.2 Å². The first kappa shape index (κ1) is 7.47. The molecule has 2 unspecified atom stereocenters. The van der Waals surface area contributed by atoms with Gasteiger partial charge in [0.05, 0.1) is 0 Å². The van der Waals surface area contributed by atoms with Crippen molar-refractivity contribution in [1.82, 2.24) is 0 Å². The number of allylic oxidation sites excluding steroid dienone is 1. The lowest BCUT2D eigenvalue weighted by atomic mass is 10.3. The monoisotopic (exact) mass is 160 g/mol. The average molecular weight is 160 g/mol. The SMILES string of the molecule is O=C(O)C1CC=CCS1=O. The van der Waals surface area contributed by atoms with Crippen LogP contribution in [0, 0.1) is 0 Å². The van der Waals surface area contributed by atoms with Gasteiger partial charge in [0.15, 0.2) is 0 Å². The van der Waals surface area contributed by atoms with Crippen LogP contribution in [0.2, 0.25) is 0 Å². The van der Waals surface area contributed by atoms with Crippen molar-refractivity contribution in [3.8, 4) is 0 Å². The van der Waals surface area contributed by atoms with Crippen molar-refractivity contribution in [2.75, 3.05) is 5.75 Å². The predicted molar refractivity (Wildman–Crippen MR) is 38.2 cm³/mol. The number of hydrogen-bond acceptors (Lipinski definition) is 2. The summed E-state index contributed by atoms with van der Waals surface area (Å²) in [6.45, 7) is 0. The van der Waals surface area contributed by atoms with E-state index in [1.54, 1.807) is 12.2 Å². The summed E-state index contributed by atoms with van der Waals surface area (Å²) in [5, 5.41) is 7.81. The van der Waals surface area contributed by atoms with E-state index < -0.39 is 22.0 Å². The molecule has 1 aliphatic rings. The Morgan fingerprint density at radius 1 is 1.60 bits per heavy atom. The molecule has 0 saturated carbocycles. The van der Waals surface area contributed by atoms with Crippen LogP contribution in [0.1, 0.15) is 6.42 Å². The van der Waals surface area contributed by atoms with Crippen molar-refractivity contribution in [2.45, 2.75) is 11.7 Å². The van der Waals surface area contributed by atoms with Gasteiger partial charge in [-0.1, -0.05) is 12.2 Å². The molecule has 0 saturated heterocycles. The van der Waals surface area contributed by atoms with Gasteiger partial charge in [-0.3, -0.25) is 9.00 Å². The molecule has 0 radical (unpaired) electrons. The van der Waals surface area contributed by atoms with Crippen molar-refractivity contribution < 1.29 is 14.1 Å². The van der Waals surface area contributed by atoms with Crippen LogP contribution in [-0.4, -0.2) is 26.3 Å². The summed E-state index contributed by atoms with van der Waals surface area (Å²) in [4.78, 5) is 10.3. The molecular weight excluding hydrogens is 152 g/mol. The lowest BCUT2D eigenvalue weighted by Crippen LogP contribution is -2.28. The highest BCUT2D eigenvalue weighted by Crippen LogP contribution is 2.09. The fourth-order valence-corrected chi connectivity index (χ4v) is 1.93. The average Bonchev–Trinajstić information content (AvgIpc) is 1.88. The van der Waals surface area contributed by atoms with Crippen LogP contribution in [-0.2, 0) is 15.6 Å². The van der Waals surface area contributed by atoms with E-state index in [1.165, 1.54) is 0 Å². The summed E-state index contributed by atoms with van der Waals surface area (Å²) < 4.78 is 10.9. The van der Waals surface area contributed by atoms with Gasteiger partial charge in [0.1, 0.15) is 5.25 Å². The Morgan fingerprint density at radius 2 is 2.30 bits per heavy atom. The third-order valence-corrected chi connectivity index (χ3v) is 2.92. The van der Waals surface area contributed by atoms with E-state index >= 15 is 0 Å². The van der Waals surface area contributed by atoms with Gasteiger partial charge in [-0.2, -0.15) is 0 Å². The molecule has 1 heterocycles. The normalized spacial score (nSPS) is 32.0. The molecule has 1 aliphatic heterocycles. The zero-order valence-corrected chi connectivity index (χ0v) is 6.13. The zero-order valence-electron chi connectivity index (χ0n) is 5.32. The maximum Gasteiger partial charge on any atom is 0.319 e. The molecule has 3 nitrogen and oxygen atoms in total. The smallest absolute Gasteiger partial charge is 0.319 e. The molecule has 0 amide bonds. The number of aliphatic carboxylic acids is 1. The van der Waals surface area contributed by atoms with E-state index in [0.29, 0.717) is 12.2 Å². The second-order valence-electron chi connectivity index (χ2n) is 2.08. The van der Waals surface area contributed by atoms with Crippen LogP contribution < -0.4 is 0 Å². The van der Waals surface area contributed by atoms with Crippen molar-refractivity contribution in [1.29, 1.82) is 0 Å². The van der Waals surface area contributed by atoms with Crippen molar-refractivity contribution >= 4 is 16.8 Å². The summed E-state index contributed by atoms with van der Waals surface area (Å²) in [7, 11) is -1.19. The first-order chi connectivity index (χ1) is 4.72. The molecular formula is C6H8O3S. The lowest BCUT2D eigenvalue weighted by Gasteiger charge is -2.11. The maximum absolute atomic E-state index is 10.9. The minimum atomic E-state index is -1.19. The molecule has 10 heavy (non-hydrogen) atoms. The van der Waals surface area contributed by atoms with Crippen LogP contribution in [0.4, 0.5) is 0 Å². The van der Waals surface area contributed by atoms with Gasteiger partial charge >= 0.3 is 5.97 Å². The number of rotatable bonds is 1. The zero-order chi connectivity index (χ0) is 7.56. The van der Waals surface area contributed by atoms with E-state index in [9.17, 15) is 9.00 Å². The van der Waals surface area contributed by atoms with Crippen LogP contribution >= 0.6 is 0 Å². The largest absolute Gasteiger partial charge is 0.480 e. The highest BCUT2D eigenvalue weighted by molar-refractivity contribution is 7.86. The second-order valence-corrected chi connectivity index (χ2v) is 3.75. The Balaban J connectivity index is 2.68. The van der Waals surface area contributed by atoms with Gasteiger partial charge in [0.2, 0.25) is 0 Å². The summed E-state index contributed by atoms with van der Waals surface area (Å²) >= 11 is 0. The van der Waals surface area contributed by atoms with E-state index in [2.05, 4.69) is 0 Å². The first-order valence-corrected chi connectivity index (χ1v) is 4.35. The summed E-state index contributed by atoms with van der Waals surface area (Å²) in [5.41, 5.74) is 0. The lowest BCUT2D eigenvalue weighted by molar-refractivity contribution is -0.136. The van der Waals surface area contributed by atoms with Gasteiger partial charge in [-0.15, -0.1) is 0 Å². The number of carbonyl (C=O) groups is 1. The molecule has 56 valence electrons. The highest BCUT2D eigenvalue weighted by atomic mass is 32.2. The maximum atomic E-state index is 10.9. The Morgan fingerprint density at radius 3 is 2.70 bits per heavy atom. The van der Waals surface area contributed by atoms with Crippen LogP contribution in [0.15, 0.2) is 12.2 Å². The van der Waals surface area contributed by atoms with Gasteiger partial charge in [0, 0.05) is 16.6 Å². The molecule has 0 aromatic heterocycles. The van der Waals surface area contributed by atoms with E-state index in [1.807, 2.05) is 0 Å². The first-order valence-electron chi connectivity index (χ1n) is 2.97. The van der Waals surface area contributed by atoms with Crippen molar-refractivity contribution in [3.05, 3.63) is 12.2 Å². The number of carboxylic acids is 1. The summed E-state index contributed by atoms with van der Waals surface area (Å²) in [5.74, 6) is -0.570. The minimum Gasteiger partial charge on any atom is -0.480 e. The molecule has 0 spiro atoms. The molecule has 4 heteroatoms. The fraction of sp³-hybridized carbons (Fsp3) is 0.500.